The molecule has 2 aliphatic rings. The van der Waals surface area contributed by atoms with Crippen LogP contribution in [0.15, 0.2) is 17.8 Å². The van der Waals surface area contributed by atoms with Gasteiger partial charge in [-0.3, -0.25) is 19.6 Å². The van der Waals surface area contributed by atoms with Gasteiger partial charge in [0.1, 0.15) is 0 Å². The number of hydrogen-bond donors (Lipinski definition) is 1. The van der Waals surface area contributed by atoms with Crippen LogP contribution in [0.4, 0.5) is 5.13 Å². The zero-order chi connectivity index (χ0) is 15.1. The molecule has 0 aliphatic carbocycles. The molecular weight excluding hydrogens is 302 g/mol. The van der Waals surface area contributed by atoms with Crippen LogP contribution < -0.4 is 4.90 Å². The van der Waals surface area contributed by atoms with Gasteiger partial charge in [0.25, 0.3) is 0 Å². The summed E-state index contributed by atoms with van der Waals surface area (Å²) in [7, 11) is 0. The van der Waals surface area contributed by atoms with E-state index in [1.165, 1.54) is 11.3 Å². The third-order valence-corrected chi connectivity index (χ3v) is 5.03. The van der Waals surface area contributed by atoms with Crippen LogP contribution in [0.3, 0.4) is 0 Å². The highest BCUT2D eigenvalue weighted by atomic mass is 32.1. The number of thiazole rings is 1. The molecule has 0 unspecified atom stereocenters. The summed E-state index contributed by atoms with van der Waals surface area (Å²) >= 11 is 1.42. The van der Waals surface area contributed by atoms with Gasteiger partial charge in [-0.1, -0.05) is 0 Å². The van der Waals surface area contributed by atoms with Gasteiger partial charge in [-0.2, -0.15) is 5.10 Å². The summed E-state index contributed by atoms with van der Waals surface area (Å²) in [4.78, 5) is 32.5. The Morgan fingerprint density at radius 2 is 2.36 bits per heavy atom. The second-order valence-electron chi connectivity index (χ2n) is 5.60. The van der Waals surface area contributed by atoms with Crippen LogP contribution in [-0.4, -0.2) is 45.0 Å². The molecular formula is C14H15N5O2S. The van der Waals surface area contributed by atoms with Crippen LogP contribution in [0.25, 0.3) is 0 Å². The van der Waals surface area contributed by atoms with Gasteiger partial charge in [0.2, 0.25) is 11.8 Å². The summed E-state index contributed by atoms with van der Waals surface area (Å²) in [6.07, 6.45) is 4.51. The second kappa shape index (κ2) is 5.20. The van der Waals surface area contributed by atoms with Crippen molar-refractivity contribution in [2.45, 2.75) is 19.4 Å². The molecule has 0 aromatic carbocycles. The molecule has 7 nitrogen and oxygen atoms in total. The van der Waals surface area contributed by atoms with Crippen molar-refractivity contribution in [1.29, 1.82) is 0 Å². The van der Waals surface area contributed by atoms with Crippen molar-refractivity contribution in [1.82, 2.24) is 20.1 Å². The van der Waals surface area contributed by atoms with Gasteiger partial charge in [0, 0.05) is 55.3 Å². The van der Waals surface area contributed by atoms with Crippen molar-refractivity contribution in [3.05, 3.63) is 29.0 Å². The molecule has 0 spiro atoms. The predicted molar refractivity (Wildman–Crippen MR) is 80.3 cm³/mol. The predicted octanol–water partition coefficient (Wildman–Crippen LogP) is 0.804. The number of nitrogens with one attached hydrogen (secondary N) is 1. The molecule has 1 saturated heterocycles. The molecule has 2 amide bonds. The lowest BCUT2D eigenvalue weighted by atomic mass is 10.0. The van der Waals surface area contributed by atoms with Crippen LogP contribution in [0, 0.1) is 5.92 Å². The van der Waals surface area contributed by atoms with Gasteiger partial charge >= 0.3 is 0 Å². The fourth-order valence-electron chi connectivity index (χ4n) is 3.08. The Labute approximate surface area is 130 Å². The van der Waals surface area contributed by atoms with Crippen molar-refractivity contribution in [2.75, 3.05) is 18.0 Å². The third kappa shape index (κ3) is 2.19. The summed E-state index contributed by atoms with van der Waals surface area (Å²) in [6, 6.07) is 0. The highest BCUT2D eigenvalue weighted by molar-refractivity contribution is 7.13. The summed E-state index contributed by atoms with van der Waals surface area (Å²) in [5.41, 5.74) is 2.18. The van der Waals surface area contributed by atoms with E-state index in [1.54, 1.807) is 17.3 Å². The van der Waals surface area contributed by atoms with E-state index in [1.807, 2.05) is 10.3 Å². The van der Waals surface area contributed by atoms with Crippen LogP contribution in [0.5, 0.6) is 0 Å². The van der Waals surface area contributed by atoms with Crippen LogP contribution >= 0.6 is 11.3 Å². The maximum atomic E-state index is 12.7. The lowest BCUT2D eigenvalue weighted by Gasteiger charge is -2.28. The van der Waals surface area contributed by atoms with E-state index in [0.717, 1.165) is 17.7 Å². The highest BCUT2D eigenvalue weighted by Crippen LogP contribution is 2.28. The Kier molecular flexibility index (Phi) is 3.18. The quantitative estimate of drug-likeness (QED) is 0.888. The number of H-pyrrole nitrogens is 1. The summed E-state index contributed by atoms with van der Waals surface area (Å²) in [5, 5.41) is 9.50. The molecule has 22 heavy (non-hydrogen) atoms. The second-order valence-corrected chi connectivity index (χ2v) is 6.48. The fraction of sp³-hybridized carbons (Fsp3) is 0.429. The van der Waals surface area contributed by atoms with E-state index >= 15 is 0 Å². The van der Waals surface area contributed by atoms with Crippen molar-refractivity contribution >= 4 is 28.3 Å². The number of amides is 2. The molecule has 1 fully saturated rings. The fourth-order valence-corrected chi connectivity index (χ4v) is 3.74. The lowest BCUT2D eigenvalue weighted by Crippen LogP contribution is -2.40. The average molecular weight is 317 g/mol. The van der Waals surface area contributed by atoms with Gasteiger partial charge in [-0.05, 0) is 0 Å². The normalized spacial score (nSPS) is 21.3. The molecule has 0 bridgehead atoms. The van der Waals surface area contributed by atoms with Crippen molar-refractivity contribution in [3.8, 4) is 0 Å². The molecule has 4 rings (SSSR count). The Morgan fingerprint density at radius 3 is 3.18 bits per heavy atom. The minimum atomic E-state index is -0.273. The van der Waals surface area contributed by atoms with Gasteiger partial charge in [-0.25, -0.2) is 4.98 Å². The highest BCUT2D eigenvalue weighted by Gasteiger charge is 2.38. The molecule has 114 valence electrons. The zero-order valence-electron chi connectivity index (χ0n) is 11.9. The Bertz CT molecular complexity index is 711. The minimum absolute atomic E-state index is 0.0192. The number of rotatable bonds is 2. The Balaban J connectivity index is 1.47. The molecule has 0 saturated carbocycles. The maximum Gasteiger partial charge on any atom is 0.229 e. The molecule has 2 aromatic rings. The largest absolute Gasteiger partial charge is 0.338 e. The monoisotopic (exact) mass is 317 g/mol. The first-order valence-electron chi connectivity index (χ1n) is 7.22. The number of anilines is 1. The number of carbonyl (C=O) groups is 2. The van der Waals surface area contributed by atoms with Crippen molar-refractivity contribution in [3.63, 3.8) is 0 Å². The molecule has 1 N–H and O–H groups in total. The van der Waals surface area contributed by atoms with Gasteiger partial charge in [0.05, 0.1) is 12.1 Å². The summed E-state index contributed by atoms with van der Waals surface area (Å²) in [6.45, 7) is 1.68. The van der Waals surface area contributed by atoms with Crippen LogP contribution in [0.1, 0.15) is 17.7 Å². The molecule has 4 heterocycles. The molecule has 2 aromatic heterocycles. The first-order chi connectivity index (χ1) is 10.7. The smallest absolute Gasteiger partial charge is 0.229 e. The molecule has 8 heteroatoms. The number of fused-ring (bicyclic) bond motifs is 1. The van der Waals surface area contributed by atoms with Gasteiger partial charge in [-0.15, -0.1) is 11.3 Å². The van der Waals surface area contributed by atoms with E-state index in [9.17, 15) is 9.59 Å². The van der Waals surface area contributed by atoms with E-state index in [-0.39, 0.29) is 24.2 Å². The topological polar surface area (TPSA) is 82.2 Å². The number of hydrogen-bond acceptors (Lipinski definition) is 5. The standard InChI is InChI=1S/C14H15N5O2S/c20-12-5-9(8-19(12)14-15-2-4-22-14)13(21)18-3-1-11-10(7-18)6-16-17-11/h2,4,6,9H,1,3,5,7-8H2,(H,16,17)/t9-/m0/s1. The van der Waals surface area contributed by atoms with Crippen LogP contribution in [0.2, 0.25) is 0 Å². The number of carbonyl (C=O) groups excluding carboxylic acids is 2. The molecule has 1 atom stereocenters. The van der Waals surface area contributed by atoms with Crippen molar-refractivity contribution in [2.24, 2.45) is 5.92 Å². The number of aromatic amines is 1. The molecule has 0 radical (unpaired) electrons. The van der Waals surface area contributed by atoms with Crippen LogP contribution in [-0.2, 0) is 22.6 Å². The SMILES string of the molecule is O=C([C@H]1CC(=O)N(c2nccs2)C1)N1CCc2[nH]ncc2C1. The van der Waals surface area contributed by atoms with E-state index in [0.29, 0.717) is 24.8 Å². The first-order valence-corrected chi connectivity index (χ1v) is 8.10. The van der Waals surface area contributed by atoms with Gasteiger partial charge in [0.15, 0.2) is 5.13 Å². The number of nitrogens with zero attached hydrogens (tertiary/aromatic N) is 4. The van der Waals surface area contributed by atoms with Gasteiger partial charge < -0.3 is 4.90 Å². The Morgan fingerprint density at radius 1 is 1.45 bits per heavy atom. The maximum absolute atomic E-state index is 12.7. The summed E-state index contributed by atoms with van der Waals surface area (Å²) < 4.78 is 0. The van der Waals surface area contributed by atoms with E-state index in [2.05, 4.69) is 15.2 Å². The first kappa shape index (κ1) is 13.4. The van der Waals surface area contributed by atoms with Crippen molar-refractivity contribution < 1.29 is 9.59 Å². The minimum Gasteiger partial charge on any atom is -0.338 e. The zero-order valence-corrected chi connectivity index (χ0v) is 12.7. The lowest BCUT2D eigenvalue weighted by molar-refractivity contribution is -0.136. The third-order valence-electron chi connectivity index (χ3n) is 4.24. The Hall–Kier alpha value is -2.22. The van der Waals surface area contributed by atoms with E-state index < -0.39 is 0 Å². The number of aromatic nitrogens is 3. The van der Waals surface area contributed by atoms with E-state index in [4.69, 9.17) is 0 Å². The summed E-state index contributed by atoms with van der Waals surface area (Å²) in [5.74, 6) is -0.238. The molecule has 2 aliphatic heterocycles. The average Bonchev–Trinajstić information content (AvgIpc) is 3.25.